The Kier molecular flexibility index (Phi) is 3.90. The fourth-order valence-corrected chi connectivity index (χ4v) is 3.86. The van der Waals surface area contributed by atoms with E-state index in [1.807, 2.05) is 30.2 Å². The zero-order chi connectivity index (χ0) is 18.4. The van der Waals surface area contributed by atoms with E-state index in [2.05, 4.69) is 0 Å². The van der Waals surface area contributed by atoms with Gasteiger partial charge < -0.3 is 20.2 Å². The van der Waals surface area contributed by atoms with Gasteiger partial charge in [-0.2, -0.15) is 10.5 Å². The normalized spacial score (nSPS) is 25.5. The highest BCUT2D eigenvalue weighted by atomic mass is 16.4. The topological polar surface area (TPSA) is 127 Å². The minimum absolute atomic E-state index is 0.124. The second-order valence-electron chi connectivity index (χ2n) is 6.54. The zero-order valence-electron chi connectivity index (χ0n) is 14.0. The summed E-state index contributed by atoms with van der Waals surface area (Å²) in [5, 5.41) is 29.4. The van der Waals surface area contributed by atoms with Crippen molar-refractivity contribution in [3.63, 3.8) is 0 Å². The predicted octanol–water partition coefficient (Wildman–Crippen LogP) is 1.50. The third-order valence-electron chi connectivity index (χ3n) is 5.02. The number of aryl methyl sites for hydroxylation is 1. The lowest BCUT2D eigenvalue weighted by Crippen LogP contribution is -2.48. The maximum Gasteiger partial charge on any atom is 0.337 e. The van der Waals surface area contributed by atoms with E-state index in [4.69, 9.17) is 10.2 Å². The number of fused-ring (bicyclic) bond motifs is 1. The van der Waals surface area contributed by atoms with Crippen LogP contribution in [0.25, 0.3) is 0 Å². The molecule has 1 aromatic rings. The van der Waals surface area contributed by atoms with Gasteiger partial charge in [0.05, 0.1) is 29.3 Å². The molecule has 1 aliphatic heterocycles. The first-order chi connectivity index (χ1) is 11.9. The lowest BCUT2D eigenvalue weighted by atomic mass is 9.59. The summed E-state index contributed by atoms with van der Waals surface area (Å²) < 4.78 is 5.74. The molecule has 7 heteroatoms. The number of aliphatic carboxylic acids is 1. The number of carboxylic acid groups (broad SMARTS) is 1. The Hall–Kier alpha value is -3.03. The van der Waals surface area contributed by atoms with Crippen molar-refractivity contribution >= 4 is 5.97 Å². The number of nitrogens with two attached hydrogens (primary N) is 1. The standard InChI is InChI=1S/C18H18N4O3/c1-10-3-4-13(25-10)15-12-7-22(2)6-5-11(12)14(17(23)24)16(21)18(15,8-19)9-20/h3-5,12,15H,6-7,21H2,1-2H3,(H,23,24). The fraction of sp³-hybridized carbons (Fsp3) is 0.389. The number of carboxylic acids is 1. The van der Waals surface area contributed by atoms with Gasteiger partial charge in [-0.25, -0.2) is 4.79 Å². The molecule has 0 aromatic carbocycles. The van der Waals surface area contributed by atoms with Crippen LogP contribution < -0.4 is 5.73 Å². The predicted molar refractivity (Wildman–Crippen MR) is 87.8 cm³/mol. The molecule has 0 bridgehead atoms. The molecule has 0 spiro atoms. The van der Waals surface area contributed by atoms with E-state index in [-0.39, 0.29) is 17.2 Å². The highest BCUT2D eigenvalue weighted by molar-refractivity contribution is 5.94. The quantitative estimate of drug-likeness (QED) is 0.836. The van der Waals surface area contributed by atoms with Crippen molar-refractivity contribution in [3.8, 4) is 12.1 Å². The van der Waals surface area contributed by atoms with E-state index in [0.29, 0.717) is 30.2 Å². The average molecular weight is 338 g/mol. The third kappa shape index (κ3) is 2.33. The lowest BCUT2D eigenvalue weighted by molar-refractivity contribution is -0.132. The summed E-state index contributed by atoms with van der Waals surface area (Å²) in [7, 11) is 1.90. The first-order valence-corrected chi connectivity index (χ1v) is 7.87. The zero-order valence-corrected chi connectivity index (χ0v) is 14.0. The number of likely N-dealkylation sites (N-methyl/N-ethyl adjacent to an activating group) is 1. The van der Waals surface area contributed by atoms with Crippen molar-refractivity contribution in [2.24, 2.45) is 17.1 Å². The number of hydrogen-bond acceptors (Lipinski definition) is 6. The molecule has 2 heterocycles. The first kappa shape index (κ1) is 16.8. The summed E-state index contributed by atoms with van der Waals surface area (Å²) in [6.45, 7) is 2.86. The molecule has 1 aliphatic carbocycles. The van der Waals surface area contributed by atoms with Gasteiger partial charge in [0.2, 0.25) is 0 Å². The van der Waals surface area contributed by atoms with Crippen LogP contribution in [0.4, 0.5) is 0 Å². The van der Waals surface area contributed by atoms with Crippen molar-refractivity contribution in [1.82, 2.24) is 4.90 Å². The molecule has 2 unspecified atom stereocenters. The number of nitrogens with zero attached hydrogens (tertiary/aromatic N) is 3. The van der Waals surface area contributed by atoms with Crippen molar-refractivity contribution < 1.29 is 14.3 Å². The molecule has 0 fully saturated rings. The molecular formula is C18H18N4O3. The van der Waals surface area contributed by atoms with Crippen molar-refractivity contribution in [1.29, 1.82) is 10.5 Å². The molecule has 0 radical (unpaired) electrons. The van der Waals surface area contributed by atoms with E-state index >= 15 is 0 Å². The van der Waals surface area contributed by atoms with Crippen LogP contribution in [0, 0.1) is 40.9 Å². The number of rotatable bonds is 2. The summed E-state index contributed by atoms with van der Waals surface area (Å²) >= 11 is 0. The Morgan fingerprint density at radius 3 is 2.64 bits per heavy atom. The highest BCUT2D eigenvalue weighted by Crippen LogP contribution is 2.54. The summed E-state index contributed by atoms with van der Waals surface area (Å²) in [5.74, 6) is -1.14. The van der Waals surface area contributed by atoms with Gasteiger partial charge in [-0.05, 0) is 31.7 Å². The van der Waals surface area contributed by atoms with Gasteiger partial charge in [-0.3, -0.25) is 0 Å². The molecule has 2 atom stereocenters. The first-order valence-electron chi connectivity index (χ1n) is 7.87. The number of hydrogen-bond donors (Lipinski definition) is 2. The van der Waals surface area contributed by atoms with Gasteiger partial charge in [0.1, 0.15) is 11.5 Å². The molecule has 3 N–H and O–H groups in total. The van der Waals surface area contributed by atoms with E-state index in [0.717, 1.165) is 0 Å². The Balaban J connectivity index is 2.35. The number of furan rings is 1. The van der Waals surface area contributed by atoms with Crippen molar-refractivity contribution in [2.45, 2.75) is 12.8 Å². The third-order valence-corrected chi connectivity index (χ3v) is 5.02. The SMILES string of the molecule is Cc1ccc(C2C3CN(C)CC=C3C(C(=O)O)=C(N)C2(C#N)C#N)o1. The van der Waals surface area contributed by atoms with Crippen LogP contribution in [0.5, 0.6) is 0 Å². The molecule has 25 heavy (non-hydrogen) atoms. The molecule has 0 saturated heterocycles. The Morgan fingerprint density at radius 1 is 1.44 bits per heavy atom. The molecule has 2 aliphatic rings. The van der Waals surface area contributed by atoms with Crippen LogP contribution in [0.1, 0.15) is 17.4 Å². The number of carbonyl (C=O) groups is 1. The minimum atomic E-state index is -1.79. The van der Waals surface area contributed by atoms with E-state index in [1.54, 1.807) is 19.1 Å². The summed E-state index contributed by atoms with van der Waals surface area (Å²) in [4.78, 5) is 13.8. The Bertz CT molecular complexity index is 867. The maximum atomic E-state index is 11.8. The number of nitriles is 2. The van der Waals surface area contributed by atoms with E-state index < -0.39 is 17.3 Å². The Labute approximate surface area is 145 Å². The summed E-state index contributed by atoms with van der Waals surface area (Å²) in [6, 6.07) is 7.48. The highest BCUT2D eigenvalue weighted by Gasteiger charge is 2.56. The van der Waals surface area contributed by atoms with Gasteiger partial charge in [-0.1, -0.05) is 6.08 Å². The molecule has 0 saturated carbocycles. The van der Waals surface area contributed by atoms with E-state index in [1.165, 1.54) is 0 Å². The molecular weight excluding hydrogens is 320 g/mol. The van der Waals surface area contributed by atoms with Crippen LogP contribution in [-0.4, -0.2) is 36.1 Å². The van der Waals surface area contributed by atoms with Crippen molar-refractivity contribution in [2.75, 3.05) is 20.1 Å². The largest absolute Gasteiger partial charge is 0.478 e. The monoisotopic (exact) mass is 338 g/mol. The van der Waals surface area contributed by atoms with Gasteiger partial charge >= 0.3 is 5.97 Å². The lowest BCUT2D eigenvalue weighted by Gasteiger charge is -2.44. The number of allylic oxidation sites excluding steroid dienone is 1. The summed E-state index contributed by atoms with van der Waals surface area (Å²) in [5.41, 5.74) is 4.56. The molecule has 1 aromatic heterocycles. The maximum absolute atomic E-state index is 11.8. The minimum Gasteiger partial charge on any atom is -0.478 e. The van der Waals surface area contributed by atoms with Gasteiger partial charge in [0.25, 0.3) is 0 Å². The summed E-state index contributed by atoms with van der Waals surface area (Å²) in [6.07, 6.45) is 1.81. The smallest absolute Gasteiger partial charge is 0.337 e. The van der Waals surface area contributed by atoms with Crippen LogP contribution in [-0.2, 0) is 4.79 Å². The molecule has 3 rings (SSSR count). The van der Waals surface area contributed by atoms with Crippen molar-refractivity contribution in [3.05, 3.63) is 46.6 Å². The van der Waals surface area contributed by atoms with Gasteiger partial charge in [-0.15, -0.1) is 0 Å². The molecule has 7 nitrogen and oxygen atoms in total. The van der Waals surface area contributed by atoms with Crippen LogP contribution >= 0.6 is 0 Å². The van der Waals surface area contributed by atoms with Gasteiger partial charge in [0.15, 0.2) is 5.41 Å². The van der Waals surface area contributed by atoms with Crippen LogP contribution in [0.3, 0.4) is 0 Å². The average Bonchev–Trinajstić information content (AvgIpc) is 2.99. The molecule has 128 valence electrons. The Morgan fingerprint density at radius 2 is 2.12 bits per heavy atom. The van der Waals surface area contributed by atoms with Crippen LogP contribution in [0.15, 0.2) is 39.5 Å². The van der Waals surface area contributed by atoms with E-state index in [9.17, 15) is 20.4 Å². The van der Waals surface area contributed by atoms with Gasteiger partial charge in [0, 0.05) is 19.0 Å². The second kappa shape index (κ2) is 5.80. The van der Waals surface area contributed by atoms with Crippen LogP contribution in [0.2, 0.25) is 0 Å². The second-order valence-corrected chi connectivity index (χ2v) is 6.54. The fourth-order valence-electron chi connectivity index (χ4n) is 3.86. The molecule has 0 amide bonds.